The van der Waals surface area contributed by atoms with Gasteiger partial charge >= 0.3 is 0 Å². The zero-order chi connectivity index (χ0) is 10.8. The molecule has 6 heteroatoms. The third kappa shape index (κ3) is 2.68. The second-order valence-electron chi connectivity index (χ2n) is 3.51. The van der Waals surface area contributed by atoms with Crippen LogP contribution >= 0.6 is 0 Å². The summed E-state index contributed by atoms with van der Waals surface area (Å²) < 4.78 is 24.9. The minimum absolute atomic E-state index is 0.0365. The zero-order valence-corrected chi connectivity index (χ0v) is 9.18. The molecule has 1 aliphatic rings. The standard InChI is InChI=1S/C8H17N3O2S/c1-2-11(6-5-8(9)10)14(12,13)7-3-4-7/h7H,2-6H2,1H3,(H3,9,10). The highest BCUT2D eigenvalue weighted by molar-refractivity contribution is 7.90. The molecule has 82 valence electrons. The van der Waals surface area contributed by atoms with Crippen molar-refractivity contribution in [1.29, 1.82) is 5.41 Å². The molecule has 0 radical (unpaired) electrons. The van der Waals surface area contributed by atoms with Gasteiger partial charge in [-0.1, -0.05) is 6.92 Å². The van der Waals surface area contributed by atoms with Crippen molar-refractivity contribution in [2.24, 2.45) is 5.73 Å². The molecular weight excluding hydrogens is 202 g/mol. The molecule has 0 amide bonds. The van der Waals surface area contributed by atoms with Crippen molar-refractivity contribution in [2.75, 3.05) is 13.1 Å². The van der Waals surface area contributed by atoms with Crippen LogP contribution in [-0.2, 0) is 10.0 Å². The Balaban J connectivity index is 2.56. The highest BCUT2D eigenvalue weighted by atomic mass is 32.2. The number of sulfonamides is 1. The first-order valence-corrected chi connectivity index (χ1v) is 6.30. The Bertz CT molecular complexity index is 309. The van der Waals surface area contributed by atoms with E-state index in [0.29, 0.717) is 19.5 Å². The van der Waals surface area contributed by atoms with Gasteiger partial charge in [-0.15, -0.1) is 0 Å². The number of hydrogen-bond acceptors (Lipinski definition) is 3. The van der Waals surface area contributed by atoms with Crippen LogP contribution in [0.15, 0.2) is 0 Å². The topological polar surface area (TPSA) is 87.2 Å². The maximum Gasteiger partial charge on any atom is 0.216 e. The van der Waals surface area contributed by atoms with E-state index < -0.39 is 10.0 Å². The van der Waals surface area contributed by atoms with Crippen LogP contribution in [0.2, 0.25) is 0 Å². The van der Waals surface area contributed by atoms with Crippen molar-refractivity contribution in [3.63, 3.8) is 0 Å². The van der Waals surface area contributed by atoms with Crippen molar-refractivity contribution >= 4 is 15.9 Å². The highest BCUT2D eigenvalue weighted by Crippen LogP contribution is 2.30. The predicted octanol–water partition coefficient (Wildman–Crippen LogP) is 0.127. The van der Waals surface area contributed by atoms with Gasteiger partial charge in [0.15, 0.2) is 0 Å². The van der Waals surface area contributed by atoms with E-state index in [9.17, 15) is 8.42 Å². The van der Waals surface area contributed by atoms with Crippen molar-refractivity contribution in [3.05, 3.63) is 0 Å². The quantitative estimate of drug-likeness (QED) is 0.491. The fraction of sp³-hybridized carbons (Fsp3) is 0.875. The third-order valence-corrected chi connectivity index (χ3v) is 4.76. The Morgan fingerprint density at radius 1 is 1.57 bits per heavy atom. The van der Waals surface area contributed by atoms with Gasteiger partial charge in [0.2, 0.25) is 10.0 Å². The van der Waals surface area contributed by atoms with Crippen LogP contribution in [0, 0.1) is 5.41 Å². The molecule has 1 saturated carbocycles. The summed E-state index contributed by atoms with van der Waals surface area (Å²) in [4.78, 5) is 0. The maximum atomic E-state index is 11.8. The normalized spacial score (nSPS) is 17.3. The van der Waals surface area contributed by atoms with Crippen LogP contribution in [0.5, 0.6) is 0 Å². The zero-order valence-electron chi connectivity index (χ0n) is 8.36. The van der Waals surface area contributed by atoms with E-state index in [2.05, 4.69) is 0 Å². The molecule has 1 fully saturated rings. The van der Waals surface area contributed by atoms with Gasteiger partial charge in [-0.25, -0.2) is 12.7 Å². The fourth-order valence-electron chi connectivity index (χ4n) is 1.29. The smallest absolute Gasteiger partial charge is 0.216 e. The minimum Gasteiger partial charge on any atom is -0.388 e. The average Bonchev–Trinajstić information content (AvgIpc) is 2.86. The molecule has 0 saturated heterocycles. The van der Waals surface area contributed by atoms with Crippen LogP contribution in [0.4, 0.5) is 0 Å². The Kier molecular flexibility index (Phi) is 3.49. The summed E-state index contributed by atoms with van der Waals surface area (Å²) in [6.07, 6.45) is 1.87. The molecule has 14 heavy (non-hydrogen) atoms. The lowest BCUT2D eigenvalue weighted by molar-refractivity contribution is 0.435. The number of nitrogens with two attached hydrogens (primary N) is 1. The SMILES string of the molecule is CCN(CCC(=N)N)S(=O)(=O)C1CC1. The van der Waals surface area contributed by atoms with Crippen LogP contribution in [0.1, 0.15) is 26.2 Å². The van der Waals surface area contributed by atoms with Gasteiger partial charge in [0.05, 0.1) is 11.1 Å². The average molecular weight is 219 g/mol. The van der Waals surface area contributed by atoms with E-state index in [-0.39, 0.29) is 11.1 Å². The van der Waals surface area contributed by atoms with Crippen molar-refractivity contribution in [1.82, 2.24) is 4.31 Å². The van der Waals surface area contributed by atoms with E-state index in [1.807, 2.05) is 0 Å². The molecule has 0 unspecified atom stereocenters. The Morgan fingerprint density at radius 2 is 2.14 bits per heavy atom. The van der Waals surface area contributed by atoms with Gasteiger partial charge in [0.25, 0.3) is 0 Å². The maximum absolute atomic E-state index is 11.8. The molecule has 0 bridgehead atoms. The summed E-state index contributed by atoms with van der Waals surface area (Å²) in [5.74, 6) is 0.0365. The number of nitrogens with zero attached hydrogens (tertiary/aromatic N) is 1. The van der Waals surface area contributed by atoms with Gasteiger partial charge in [-0.05, 0) is 12.8 Å². The molecule has 1 rings (SSSR count). The lowest BCUT2D eigenvalue weighted by Gasteiger charge is -2.19. The van der Waals surface area contributed by atoms with E-state index >= 15 is 0 Å². The summed E-state index contributed by atoms with van der Waals surface area (Å²) in [5, 5.41) is 6.87. The van der Waals surface area contributed by atoms with Crippen LogP contribution in [0.3, 0.4) is 0 Å². The van der Waals surface area contributed by atoms with Crippen LogP contribution in [-0.4, -0.2) is 36.9 Å². The molecule has 0 aromatic carbocycles. The van der Waals surface area contributed by atoms with Gasteiger partial charge in [-0.3, -0.25) is 5.41 Å². The van der Waals surface area contributed by atoms with E-state index in [1.165, 1.54) is 4.31 Å². The molecule has 0 aromatic rings. The lowest BCUT2D eigenvalue weighted by atomic mass is 10.4. The minimum atomic E-state index is -3.09. The van der Waals surface area contributed by atoms with Gasteiger partial charge < -0.3 is 5.73 Å². The number of hydrogen-bond donors (Lipinski definition) is 2. The van der Waals surface area contributed by atoms with Gasteiger partial charge in [0, 0.05) is 19.5 Å². The summed E-state index contributed by atoms with van der Waals surface area (Å²) in [5.41, 5.74) is 5.19. The van der Waals surface area contributed by atoms with E-state index in [1.54, 1.807) is 6.92 Å². The molecule has 0 heterocycles. The second-order valence-corrected chi connectivity index (χ2v) is 5.72. The van der Waals surface area contributed by atoms with Gasteiger partial charge in [-0.2, -0.15) is 0 Å². The first-order chi connectivity index (χ1) is 6.48. The molecule has 0 aromatic heterocycles. The molecular formula is C8H17N3O2S. The first-order valence-electron chi connectivity index (χ1n) is 4.80. The number of nitrogens with one attached hydrogen (secondary N) is 1. The monoisotopic (exact) mass is 219 g/mol. The molecule has 0 spiro atoms. The van der Waals surface area contributed by atoms with E-state index in [0.717, 1.165) is 12.8 Å². The Labute approximate surface area is 84.8 Å². The number of amidine groups is 1. The lowest BCUT2D eigenvalue weighted by Crippen LogP contribution is -2.36. The van der Waals surface area contributed by atoms with Gasteiger partial charge in [0.1, 0.15) is 0 Å². The molecule has 0 atom stereocenters. The van der Waals surface area contributed by atoms with Crippen LogP contribution < -0.4 is 5.73 Å². The third-order valence-electron chi connectivity index (χ3n) is 2.29. The molecule has 3 N–H and O–H groups in total. The van der Waals surface area contributed by atoms with Crippen molar-refractivity contribution < 1.29 is 8.42 Å². The molecule has 0 aliphatic heterocycles. The summed E-state index contributed by atoms with van der Waals surface area (Å²) >= 11 is 0. The first kappa shape index (κ1) is 11.5. The summed E-state index contributed by atoms with van der Waals surface area (Å²) in [6, 6.07) is 0. The molecule has 5 nitrogen and oxygen atoms in total. The fourth-order valence-corrected chi connectivity index (χ4v) is 3.15. The summed E-state index contributed by atoms with van der Waals surface area (Å²) in [6.45, 7) is 2.61. The van der Waals surface area contributed by atoms with Crippen molar-refractivity contribution in [2.45, 2.75) is 31.4 Å². The molecule has 1 aliphatic carbocycles. The summed E-state index contributed by atoms with van der Waals surface area (Å²) in [7, 11) is -3.09. The second kappa shape index (κ2) is 4.27. The highest BCUT2D eigenvalue weighted by Gasteiger charge is 2.39. The Hall–Kier alpha value is -0.620. The van der Waals surface area contributed by atoms with Crippen molar-refractivity contribution in [3.8, 4) is 0 Å². The predicted molar refractivity (Wildman–Crippen MR) is 55.7 cm³/mol. The Morgan fingerprint density at radius 3 is 2.50 bits per heavy atom. The van der Waals surface area contributed by atoms with Crippen LogP contribution in [0.25, 0.3) is 0 Å². The number of rotatable bonds is 6. The van der Waals surface area contributed by atoms with E-state index in [4.69, 9.17) is 11.1 Å². The largest absolute Gasteiger partial charge is 0.388 e.